The van der Waals surface area contributed by atoms with E-state index in [1.807, 2.05) is 0 Å². The fraction of sp³-hybridized carbons (Fsp3) is 1.00. The molecule has 0 radical (unpaired) electrons. The van der Waals surface area contributed by atoms with E-state index in [1.165, 1.54) is 7.11 Å². The van der Waals surface area contributed by atoms with Crippen molar-refractivity contribution in [2.75, 3.05) is 19.5 Å². The van der Waals surface area contributed by atoms with Crippen LogP contribution >= 0.6 is 18.2 Å². The van der Waals surface area contributed by atoms with Crippen LogP contribution in [0.1, 0.15) is 41.5 Å². The van der Waals surface area contributed by atoms with Crippen LogP contribution in [-0.4, -0.2) is 29.3 Å². The third kappa shape index (κ3) is 82.5. The molecule has 0 unspecified atom stereocenters. The van der Waals surface area contributed by atoms with Gasteiger partial charge in [0.1, 0.15) is 0 Å². The molecule has 108 valence electrons. The fourth-order valence-corrected chi connectivity index (χ4v) is 1.66. The van der Waals surface area contributed by atoms with Crippen LogP contribution in [0.5, 0.6) is 0 Å². The zero-order valence-corrected chi connectivity index (χ0v) is 13.8. The van der Waals surface area contributed by atoms with E-state index in [0.717, 1.165) is 11.8 Å². The molecule has 0 atom stereocenters. The smallest absolute Gasteiger partial charge is 0.384 e. The molecule has 0 saturated carbocycles. The topological polar surface area (TPSA) is 66.8 Å². The van der Waals surface area contributed by atoms with Gasteiger partial charge in [0.25, 0.3) is 0 Å². The zero-order valence-electron chi connectivity index (χ0n) is 12.1. The van der Waals surface area contributed by atoms with Crippen LogP contribution < -0.4 is 0 Å². The molecule has 0 aromatic rings. The van der Waals surface area contributed by atoms with Crippen molar-refractivity contribution in [1.82, 2.24) is 0 Å². The maximum absolute atomic E-state index is 10.1. The summed E-state index contributed by atoms with van der Waals surface area (Å²) in [7, 11) is 1.49. The lowest BCUT2D eigenvalue weighted by Gasteiger charge is -2.00. The van der Waals surface area contributed by atoms with Crippen LogP contribution in [0.25, 0.3) is 0 Å². The largest absolute Gasteiger partial charge is 0.384 e. The second-order valence-electron chi connectivity index (χ2n) is 4.78. The van der Waals surface area contributed by atoms with Crippen molar-refractivity contribution in [1.29, 1.82) is 0 Å². The lowest BCUT2D eigenvalue weighted by Crippen LogP contribution is -1.90. The van der Waals surface area contributed by atoms with Crippen molar-refractivity contribution < 1.29 is 19.1 Å². The highest BCUT2D eigenvalue weighted by atomic mass is 32.7. The van der Waals surface area contributed by atoms with Crippen molar-refractivity contribution >= 4 is 18.2 Å². The molecule has 0 heterocycles. The van der Waals surface area contributed by atoms with Crippen LogP contribution in [0.3, 0.4) is 0 Å². The average molecular weight is 288 g/mol. The summed E-state index contributed by atoms with van der Waals surface area (Å²) in [4.78, 5) is 16.5. The van der Waals surface area contributed by atoms with Crippen molar-refractivity contribution in [2.24, 2.45) is 11.8 Å². The molecular formula is C11H29O4PS. The van der Waals surface area contributed by atoms with Gasteiger partial charge in [0.05, 0.1) is 6.61 Å². The van der Waals surface area contributed by atoms with Crippen LogP contribution in [0.2, 0.25) is 0 Å². The Morgan fingerprint density at radius 1 is 1.06 bits per heavy atom. The van der Waals surface area contributed by atoms with Crippen LogP contribution in [0, 0.1) is 11.8 Å². The first-order valence-electron chi connectivity index (χ1n) is 5.71. The second-order valence-corrected chi connectivity index (χ2v) is 8.63. The van der Waals surface area contributed by atoms with Gasteiger partial charge in [-0.05, 0) is 23.2 Å². The quantitative estimate of drug-likeness (QED) is 0.608. The molecule has 17 heavy (non-hydrogen) atoms. The molecule has 0 aromatic heterocycles. The standard InChI is InChI=1S/2C4H10.C3H9O4PS/c2*1-4(2)3;1-7-2-3-9-8(4,5)6/h2*4H,1-3H3;2-3H2,1H3,(H2,4,5,6). The van der Waals surface area contributed by atoms with Crippen LogP contribution in [0.15, 0.2) is 0 Å². The minimum absolute atomic E-state index is 0.334. The fourth-order valence-electron chi connectivity index (χ4n) is 0.240. The molecular weight excluding hydrogens is 259 g/mol. The normalized spacial score (nSPS) is 10.5. The first kappa shape index (κ1) is 22.6. The lowest BCUT2D eigenvalue weighted by atomic mass is 10.3. The van der Waals surface area contributed by atoms with Gasteiger partial charge in [-0.2, -0.15) is 0 Å². The highest BCUT2D eigenvalue weighted by Gasteiger charge is 2.11. The van der Waals surface area contributed by atoms with Crippen molar-refractivity contribution in [3.8, 4) is 0 Å². The predicted molar refractivity (Wildman–Crippen MR) is 77.4 cm³/mol. The zero-order chi connectivity index (χ0) is 14.5. The molecule has 0 fully saturated rings. The number of hydrogen-bond acceptors (Lipinski definition) is 3. The molecule has 4 nitrogen and oxygen atoms in total. The van der Waals surface area contributed by atoms with E-state index in [-0.39, 0.29) is 0 Å². The Bertz CT molecular complexity index is 169. The van der Waals surface area contributed by atoms with Gasteiger partial charge in [-0.1, -0.05) is 41.5 Å². The van der Waals surface area contributed by atoms with E-state index in [2.05, 4.69) is 46.3 Å². The van der Waals surface area contributed by atoms with Crippen molar-refractivity contribution in [3.05, 3.63) is 0 Å². The van der Waals surface area contributed by atoms with Crippen LogP contribution in [-0.2, 0) is 9.30 Å². The molecule has 0 rings (SSSR count). The van der Waals surface area contributed by atoms with Gasteiger partial charge in [0, 0.05) is 12.9 Å². The highest BCUT2D eigenvalue weighted by molar-refractivity contribution is 8.54. The summed E-state index contributed by atoms with van der Waals surface area (Å²) in [5, 5.41) is 0. The first-order chi connectivity index (χ1) is 7.52. The third-order valence-corrected chi connectivity index (χ3v) is 2.79. The monoisotopic (exact) mass is 288 g/mol. The summed E-state index contributed by atoms with van der Waals surface area (Å²) >= 11 is 0.600. The minimum Gasteiger partial charge on any atom is -0.384 e. The summed E-state index contributed by atoms with van der Waals surface area (Å²) in [6.07, 6.45) is 0. The van der Waals surface area contributed by atoms with Gasteiger partial charge in [0.2, 0.25) is 0 Å². The van der Waals surface area contributed by atoms with Crippen molar-refractivity contribution in [3.63, 3.8) is 0 Å². The van der Waals surface area contributed by atoms with Gasteiger partial charge in [-0.15, -0.1) is 0 Å². The molecule has 6 heteroatoms. The molecule has 0 aliphatic carbocycles. The maximum Gasteiger partial charge on any atom is 0.384 e. The number of ether oxygens (including phenoxy) is 1. The van der Waals surface area contributed by atoms with E-state index >= 15 is 0 Å². The molecule has 2 N–H and O–H groups in total. The minimum atomic E-state index is -3.86. The summed E-state index contributed by atoms with van der Waals surface area (Å²) in [6.45, 7) is 9.51. The summed E-state index contributed by atoms with van der Waals surface area (Å²) in [5.41, 5.74) is 0. The van der Waals surface area contributed by atoms with Gasteiger partial charge in [0.15, 0.2) is 0 Å². The second kappa shape index (κ2) is 14.5. The molecule has 0 spiro atoms. The van der Waals surface area contributed by atoms with Gasteiger partial charge in [-0.25, -0.2) is 4.57 Å². The Morgan fingerprint density at radius 3 is 1.53 bits per heavy atom. The lowest BCUT2D eigenvalue weighted by molar-refractivity contribution is 0.218. The molecule has 0 aliphatic heterocycles. The van der Waals surface area contributed by atoms with E-state index in [1.54, 1.807) is 0 Å². The number of methoxy groups -OCH3 is 1. The number of hydrogen-bond donors (Lipinski definition) is 2. The summed E-state index contributed by atoms with van der Waals surface area (Å²) < 4.78 is 14.7. The molecule has 0 saturated heterocycles. The Morgan fingerprint density at radius 2 is 1.35 bits per heavy atom. The highest BCUT2D eigenvalue weighted by Crippen LogP contribution is 2.49. The summed E-state index contributed by atoms with van der Waals surface area (Å²) in [5.74, 6) is 2.00. The Labute approximate surface area is 110 Å². The molecule has 0 bridgehead atoms. The molecule has 0 amide bonds. The Kier molecular flexibility index (Phi) is 19.3. The van der Waals surface area contributed by atoms with Gasteiger partial charge in [-0.3, -0.25) is 0 Å². The third-order valence-electron chi connectivity index (χ3n) is 0.547. The Balaban J connectivity index is -0.000000205. The average Bonchev–Trinajstić information content (AvgIpc) is 1.99. The predicted octanol–water partition coefficient (Wildman–Crippen LogP) is 3.78. The molecule has 0 aliphatic rings. The van der Waals surface area contributed by atoms with Crippen molar-refractivity contribution in [2.45, 2.75) is 41.5 Å². The number of rotatable bonds is 4. The Hall–Kier alpha value is 0.460. The van der Waals surface area contributed by atoms with Crippen LogP contribution in [0.4, 0.5) is 0 Å². The first-order valence-corrected chi connectivity index (χ1v) is 8.92. The van der Waals surface area contributed by atoms with Gasteiger partial charge >= 0.3 is 6.80 Å². The van der Waals surface area contributed by atoms with E-state index in [0.29, 0.717) is 23.7 Å². The SMILES string of the molecule is CC(C)C.CC(C)C.COCCSP(=O)(O)O. The van der Waals surface area contributed by atoms with E-state index in [4.69, 9.17) is 9.79 Å². The maximum atomic E-state index is 10.1. The summed E-state index contributed by atoms with van der Waals surface area (Å²) in [6, 6.07) is 0. The molecule has 0 aromatic carbocycles. The van der Waals surface area contributed by atoms with E-state index < -0.39 is 6.80 Å². The van der Waals surface area contributed by atoms with E-state index in [9.17, 15) is 4.57 Å². The van der Waals surface area contributed by atoms with Gasteiger partial charge < -0.3 is 14.5 Å².